The molecule has 1 aromatic carbocycles. The number of nitrogens with zero attached hydrogens (tertiary/aromatic N) is 3. The zero-order valence-electron chi connectivity index (χ0n) is 13.0. The smallest absolute Gasteiger partial charge is 0.417 e. The van der Waals surface area contributed by atoms with Crippen LogP contribution in [0.15, 0.2) is 28.7 Å². The summed E-state index contributed by atoms with van der Waals surface area (Å²) in [5.74, 6) is -1.93. The fraction of sp³-hybridized carbons (Fsp3) is 0.438. The van der Waals surface area contributed by atoms with E-state index < -0.39 is 12.1 Å². The molecule has 1 fully saturated rings. The number of benzene rings is 1. The highest BCUT2D eigenvalue weighted by atomic mass is 19.4. The van der Waals surface area contributed by atoms with Crippen molar-refractivity contribution >= 4 is 5.91 Å². The van der Waals surface area contributed by atoms with Crippen LogP contribution in [0.3, 0.4) is 0 Å². The standard InChI is InChI=1S/C16H16F3N3O2/c1-10-4-2-5-11(8-10)14(23)22-7-3-6-12(9-22)13-20-21-15(24-13)16(17,18)19/h2,4-5,8,12H,3,6-7,9H2,1H3. The molecule has 3 rings (SSSR count). The van der Waals surface area contributed by atoms with Gasteiger partial charge in [0.2, 0.25) is 5.89 Å². The summed E-state index contributed by atoms with van der Waals surface area (Å²) >= 11 is 0. The van der Waals surface area contributed by atoms with Gasteiger partial charge in [-0.2, -0.15) is 13.2 Å². The first-order valence-electron chi connectivity index (χ1n) is 7.61. The van der Waals surface area contributed by atoms with Crippen molar-refractivity contribution in [3.8, 4) is 0 Å². The molecule has 1 aliphatic rings. The van der Waals surface area contributed by atoms with Crippen LogP contribution in [0.25, 0.3) is 0 Å². The Labute approximate surface area is 136 Å². The van der Waals surface area contributed by atoms with E-state index in [2.05, 4.69) is 10.2 Å². The molecule has 1 aliphatic heterocycles. The summed E-state index contributed by atoms with van der Waals surface area (Å²) in [6.07, 6.45) is -3.37. The highest BCUT2D eigenvalue weighted by Gasteiger charge is 2.39. The molecular weight excluding hydrogens is 323 g/mol. The van der Waals surface area contributed by atoms with Crippen LogP contribution in [0, 0.1) is 6.92 Å². The Morgan fingerprint density at radius 2 is 2.12 bits per heavy atom. The molecule has 1 aromatic heterocycles. The lowest BCUT2D eigenvalue weighted by atomic mass is 9.97. The second-order valence-corrected chi connectivity index (χ2v) is 5.90. The van der Waals surface area contributed by atoms with Gasteiger partial charge in [-0.15, -0.1) is 10.2 Å². The molecule has 0 spiro atoms. The Balaban J connectivity index is 1.75. The van der Waals surface area contributed by atoms with Crippen molar-refractivity contribution in [2.75, 3.05) is 13.1 Å². The number of amides is 1. The van der Waals surface area contributed by atoms with E-state index in [1.165, 1.54) is 0 Å². The lowest BCUT2D eigenvalue weighted by Gasteiger charge is -2.31. The minimum absolute atomic E-state index is 0.0657. The summed E-state index contributed by atoms with van der Waals surface area (Å²) in [6, 6.07) is 7.22. The van der Waals surface area contributed by atoms with Gasteiger partial charge >= 0.3 is 12.1 Å². The SMILES string of the molecule is Cc1cccc(C(=O)N2CCCC(c3nnc(C(F)(F)F)o3)C2)c1. The maximum Gasteiger partial charge on any atom is 0.470 e. The number of piperidine rings is 1. The van der Waals surface area contributed by atoms with Gasteiger partial charge in [0, 0.05) is 18.7 Å². The molecule has 0 aliphatic carbocycles. The Kier molecular flexibility index (Phi) is 4.29. The van der Waals surface area contributed by atoms with Crippen LogP contribution >= 0.6 is 0 Å². The number of rotatable bonds is 2. The first-order chi connectivity index (χ1) is 11.3. The van der Waals surface area contributed by atoms with Crippen LogP contribution in [0.1, 0.15) is 46.5 Å². The van der Waals surface area contributed by atoms with Crippen LogP contribution in [0.2, 0.25) is 0 Å². The summed E-state index contributed by atoms with van der Waals surface area (Å²) in [7, 11) is 0. The molecule has 8 heteroatoms. The molecule has 0 bridgehead atoms. The van der Waals surface area contributed by atoms with Crippen molar-refractivity contribution in [1.82, 2.24) is 15.1 Å². The normalized spacial score (nSPS) is 18.7. The first kappa shape index (κ1) is 16.5. The van der Waals surface area contributed by atoms with E-state index in [-0.39, 0.29) is 24.3 Å². The minimum atomic E-state index is -4.66. The van der Waals surface area contributed by atoms with E-state index >= 15 is 0 Å². The van der Waals surface area contributed by atoms with Gasteiger partial charge in [-0.1, -0.05) is 17.7 Å². The molecule has 0 N–H and O–H groups in total. The van der Waals surface area contributed by atoms with Gasteiger partial charge in [-0.05, 0) is 31.9 Å². The molecule has 24 heavy (non-hydrogen) atoms. The largest absolute Gasteiger partial charge is 0.470 e. The first-order valence-corrected chi connectivity index (χ1v) is 7.61. The van der Waals surface area contributed by atoms with Gasteiger partial charge in [-0.3, -0.25) is 4.79 Å². The minimum Gasteiger partial charge on any atom is -0.417 e. The number of carbonyl (C=O) groups is 1. The summed E-state index contributed by atoms with van der Waals surface area (Å²) in [5, 5.41) is 6.57. The van der Waals surface area contributed by atoms with Crippen molar-refractivity contribution in [2.24, 2.45) is 0 Å². The third-order valence-corrected chi connectivity index (χ3v) is 4.01. The lowest BCUT2D eigenvalue weighted by molar-refractivity contribution is -0.157. The summed E-state index contributed by atoms with van der Waals surface area (Å²) in [6.45, 7) is 2.72. The molecule has 2 aromatic rings. The number of alkyl halides is 3. The van der Waals surface area contributed by atoms with Crippen molar-refractivity contribution in [2.45, 2.75) is 31.9 Å². The van der Waals surface area contributed by atoms with Crippen LogP contribution in [-0.2, 0) is 6.18 Å². The Morgan fingerprint density at radius 3 is 2.79 bits per heavy atom. The highest BCUT2D eigenvalue weighted by molar-refractivity contribution is 5.94. The third kappa shape index (κ3) is 3.42. The molecule has 1 atom stereocenters. The van der Waals surface area contributed by atoms with E-state index in [0.29, 0.717) is 24.9 Å². The number of hydrogen-bond acceptors (Lipinski definition) is 4. The number of aryl methyl sites for hydroxylation is 1. The molecule has 5 nitrogen and oxygen atoms in total. The average molecular weight is 339 g/mol. The van der Waals surface area contributed by atoms with Gasteiger partial charge in [0.25, 0.3) is 5.91 Å². The molecule has 1 amide bonds. The summed E-state index contributed by atoms with van der Waals surface area (Å²) in [5.41, 5.74) is 1.54. The second kappa shape index (κ2) is 6.26. The van der Waals surface area contributed by atoms with E-state index in [1.807, 2.05) is 13.0 Å². The molecule has 0 radical (unpaired) electrons. The molecule has 1 unspecified atom stereocenters. The maximum absolute atomic E-state index is 12.6. The maximum atomic E-state index is 12.6. The number of carbonyl (C=O) groups excluding carboxylic acids is 1. The molecule has 2 heterocycles. The van der Waals surface area contributed by atoms with Crippen LogP contribution < -0.4 is 0 Å². The van der Waals surface area contributed by atoms with Gasteiger partial charge < -0.3 is 9.32 Å². The molecule has 128 valence electrons. The predicted octanol–water partition coefficient (Wildman–Crippen LogP) is 3.42. The highest BCUT2D eigenvalue weighted by Crippen LogP contribution is 2.32. The zero-order valence-corrected chi connectivity index (χ0v) is 13.0. The molecule has 0 saturated carbocycles. The number of likely N-dealkylation sites (tertiary alicyclic amines) is 1. The lowest BCUT2D eigenvalue weighted by Crippen LogP contribution is -2.39. The molecule has 1 saturated heterocycles. The van der Waals surface area contributed by atoms with Gasteiger partial charge in [0.1, 0.15) is 0 Å². The van der Waals surface area contributed by atoms with Gasteiger partial charge in [-0.25, -0.2) is 0 Å². The summed E-state index contributed by atoms with van der Waals surface area (Å²) in [4.78, 5) is 14.2. The number of halogens is 3. The van der Waals surface area contributed by atoms with E-state index in [9.17, 15) is 18.0 Å². The van der Waals surface area contributed by atoms with Crippen molar-refractivity contribution in [3.05, 3.63) is 47.2 Å². The van der Waals surface area contributed by atoms with E-state index in [0.717, 1.165) is 5.56 Å². The van der Waals surface area contributed by atoms with E-state index in [1.54, 1.807) is 23.1 Å². The Morgan fingerprint density at radius 1 is 1.33 bits per heavy atom. The number of hydrogen-bond donors (Lipinski definition) is 0. The quantitative estimate of drug-likeness (QED) is 0.841. The fourth-order valence-electron chi connectivity index (χ4n) is 2.84. The average Bonchev–Trinajstić information content (AvgIpc) is 3.04. The Bertz CT molecular complexity index is 742. The molecular formula is C16H16F3N3O2. The Hall–Kier alpha value is -2.38. The second-order valence-electron chi connectivity index (χ2n) is 5.90. The van der Waals surface area contributed by atoms with E-state index in [4.69, 9.17) is 4.42 Å². The fourth-order valence-corrected chi connectivity index (χ4v) is 2.84. The predicted molar refractivity (Wildman–Crippen MR) is 78.4 cm³/mol. The summed E-state index contributed by atoms with van der Waals surface area (Å²) < 4.78 is 42.5. The van der Waals surface area contributed by atoms with Gasteiger partial charge in [0.15, 0.2) is 0 Å². The zero-order chi connectivity index (χ0) is 17.3. The van der Waals surface area contributed by atoms with Crippen LogP contribution in [0.4, 0.5) is 13.2 Å². The number of aromatic nitrogens is 2. The monoisotopic (exact) mass is 339 g/mol. The van der Waals surface area contributed by atoms with Crippen LogP contribution in [0.5, 0.6) is 0 Å². The topological polar surface area (TPSA) is 59.2 Å². The van der Waals surface area contributed by atoms with Crippen LogP contribution in [-0.4, -0.2) is 34.1 Å². The van der Waals surface area contributed by atoms with Crippen molar-refractivity contribution in [1.29, 1.82) is 0 Å². The van der Waals surface area contributed by atoms with Gasteiger partial charge in [0.05, 0.1) is 5.92 Å². The third-order valence-electron chi connectivity index (χ3n) is 4.01. The van der Waals surface area contributed by atoms with Crippen molar-refractivity contribution < 1.29 is 22.4 Å². The van der Waals surface area contributed by atoms with Crippen molar-refractivity contribution in [3.63, 3.8) is 0 Å².